The summed E-state index contributed by atoms with van der Waals surface area (Å²) in [6.45, 7) is 3.67. The molecule has 24 heavy (non-hydrogen) atoms. The second kappa shape index (κ2) is 7.75. The van der Waals surface area contributed by atoms with E-state index in [1.165, 1.54) is 18.4 Å². The van der Waals surface area contributed by atoms with Gasteiger partial charge in [-0.05, 0) is 37.5 Å². The van der Waals surface area contributed by atoms with Crippen LogP contribution in [0.25, 0.3) is 0 Å². The van der Waals surface area contributed by atoms with Crippen LogP contribution in [0, 0.1) is 6.92 Å². The third-order valence-electron chi connectivity index (χ3n) is 4.21. The van der Waals surface area contributed by atoms with E-state index in [1.807, 2.05) is 30.0 Å². The second-order valence-electron chi connectivity index (χ2n) is 6.08. The Morgan fingerprint density at radius 3 is 2.50 bits per heavy atom. The molecule has 0 bridgehead atoms. The number of anilines is 2. The first kappa shape index (κ1) is 16.9. The van der Waals surface area contributed by atoms with E-state index in [0.29, 0.717) is 11.5 Å². The molecule has 0 aliphatic carbocycles. The number of halogens is 1. The third kappa shape index (κ3) is 4.12. The SMILES string of the molecule is Cc1ccc(Nc2cnc(C(=O)N3CCCCCC3)cn2)cc1Br. The van der Waals surface area contributed by atoms with Crippen molar-refractivity contribution in [1.29, 1.82) is 0 Å². The number of aromatic nitrogens is 2. The van der Waals surface area contributed by atoms with Crippen molar-refractivity contribution in [2.75, 3.05) is 18.4 Å². The highest BCUT2D eigenvalue weighted by molar-refractivity contribution is 9.10. The van der Waals surface area contributed by atoms with E-state index >= 15 is 0 Å². The van der Waals surface area contributed by atoms with E-state index in [-0.39, 0.29) is 5.91 Å². The predicted molar refractivity (Wildman–Crippen MR) is 98.6 cm³/mol. The Kier molecular flexibility index (Phi) is 5.45. The maximum absolute atomic E-state index is 12.5. The molecule has 126 valence electrons. The van der Waals surface area contributed by atoms with Crippen LogP contribution in [0.4, 0.5) is 11.5 Å². The fourth-order valence-electron chi connectivity index (χ4n) is 2.76. The zero-order chi connectivity index (χ0) is 16.9. The number of likely N-dealkylation sites (tertiary alicyclic amines) is 1. The zero-order valence-corrected chi connectivity index (χ0v) is 15.3. The van der Waals surface area contributed by atoms with Crippen molar-refractivity contribution in [2.24, 2.45) is 0 Å². The Morgan fingerprint density at radius 2 is 1.88 bits per heavy atom. The normalized spacial score (nSPS) is 15.0. The quantitative estimate of drug-likeness (QED) is 0.850. The fraction of sp³-hybridized carbons (Fsp3) is 0.389. The van der Waals surface area contributed by atoms with Crippen LogP contribution in [0.1, 0.15) is 41.7 Å². The lowest BCUT2D eigenvalue weighted by Gasteiger charge is -2.19. The lowest BCUT2D eigenvalue weighted by atomic mass is 10.2. The molecule has 5 nitrogen and oxygen atoms in total. The molecule has 0 radical (unpaired) electrons. The van der Waals surface area contributed by atoms with Gasteiger partial charge in [0.15, 0.2) is 0 Å². The third-order valence-corrected chi connectivity index (χ3v) is 5.06. The van der Waals surface area contributed by atoms with E-state index < -0.39 is 0 Å². The van der Waals surface area contributed by atoms with Crippen LogP contribution in [0.5, 0.6) is 0 Å². The molecule has 1 aliphatic heterocycles. The average Bonchev–Trinajstić information content (AvgIpc) is 2.88. The molecule has 2 heterocycles. The maximum atomic E-state index is 12.5. The number of carbonyl (C=O) groups is 1. The van der Waals surface area contributed by atoms with Gasteiger partial charge in [-0.15, -0.1) is 0 Å². The summed E-state index contributed by atoms with van der Waals surface area (Å²) in [6, 6.07) is 6.00. The highest BCUT2D eigenvalue weighted by Crippen LogP contribution is 2.22. The summed E-state index contributed by atoms with van der Waals surface area (Å²) >= 11 is 3.51. The summed E-state index contributed by atoms with van der Waals surface area (Å²) < 4.78 is 1.04. The van der Waals surface area contributed by atoms with Gasteiger partial charge in [0.05, 0.1) is 12.4 Å². The Morgan fingerprint density at radius 1 is 1.12 bits per heavy atom. The minimum absolute atomic E-state index is 0.0194. The van der Waals surface area contributed by atoms with Gasteiger partial charge in [-0.3, -0.25) is 4.79 Å². The summed E-state index contributed by atoms with van der Waals surface area (Å²) in [7, 11) is 0. The molecule has 1 aromatic heterocycles. The summed E-state index contributed by atoms with van der Waals surface area (Å²) in [5.74, 6) is 0.604. The molecule has 0 atom stereocenters. The summed E-state index contributed by atoms with van der Waals surface area (Å²) in [4.78, 5) is 23.0. The molecule has 1 aromatic carbocycles. The van der Waals surface area contributed by atoms with Crippen molar-refractivity contribution in [1.82, 2.24) is 14.9 Å². The van der Waals surface area contributed by atoms with Gasteiger partial charge in [0, 0.05) is 23.2 Å². The van der Waals surface area contributed by atoms with Gasteiger partial charge in [0.25, 0.3) is 5.91 Å². The van der Waals surface area contributed by atoms with Crippen LogP contribution in [-0.2, 0) is 0 Å². The molecule has 1 amide bonds. The van der Waals surface area contributed by atoms with Crippen molar-refractivity contribution < 1.29 is 4.79 Å². The van der Waals surface area contributed by atoms with Gasteiger partial charge in [0.2, 0.25) is 0 Å². The topological polar surface area (TPSA) is 58.1 Å². The minimum Gasteiger partial charge on any atom is -0.339 e. The van der Waals surface area contributed by atoms with Crippen LogP contribution >= 0.6 is 15.9 Å². The average molecular weight is 389 g/mol. The van der Waals surface area contributed by atoms with Gasteiger partial charge in [-0.1, -0.05) is 34.8 Å². The Labute approximate surface area is 150 Å². The molecule has 0 saturated carbocycles. The summed E-state index contributed by atoms with van der Waals surface area (Å²) in [5.41, 5.74) is 2.51. The molecule has 1 N–H and O–H groups in total. The van der Waals surface area contributed by atoms with Crippen molar-refractivity contribution >= 4 is 33.3 Å². The van der Waals surface area contributed by atoms with Crippen molar-refractivity contribution in [3.05, 3.63) is 46.3 Å². The first-order chi connectivity index (χ1) is 11.6. The number of hydrogen-bond donors (Lipinski definition) is 1. The van der Waals surface area contributed by atoms with Crippen LogP contribution < -0.4 is 5.32 Å². The maximum Gasteiger partial charge on any atom is 0.274 e. The van der Waals surface area contributed by atoms with Crippen LogP contribution in [0.15, 0.2) is 35.1 Å². The standard InChI is InChI=1S/C18H21BrN4O/c1-13-6-7-14(10-15(13)19)22-17-12-20-16(11-21-17)18(24)23-8-4-2-3-5-9-23/h6-7,10-12H,2-5,8-9H2,1H3,(H,21,22). The zero-order valence-electron chi connectivity index (χ0n) is 13.8. The van der Waals surface area contributed by atoms with Gasteiger partial charge in [-0.2, -0.15) is 0 Å². The highest BCUT2D eigenvalue weighted by atomic mass is 79.9. The molecule has 0 unspecified atom stereocenters. The van der Waals surface area contributed by atoms with E-state index in [1.54, 1.807) is 12.4 Å². The lowest BCUT2D eigenvalue weighted by Crippen LogP contribution is -2.32. The Hall–Kier alpha value is -1.95. The largest absolute Gasteiger partial charge is 0.339 e. The van der Waals surface area contributed by atoms with Gasteiger partial charge < -0.3 is 10.2 Å². The molecule has 2 aromatic rings. The highest BCUT2D eigenvalue weighted by Gasteiger charge is 2.18. The molecular weight excluding hydrogens is 368 g/mol. The molecule has 6 heteroatoms. The molecule has 1 aliphatic rings. The first-order valence-corrected chi connectivity index (χ1v) is 9.07. The van der Waals surface area contributed by atoms with E-state index in [9.17, 15) is 4.79 Å². The smallest absolute Gasteiger partial charge is 0.274 e. The number of benzene rings is 1. The fourth-order valence-corrected chi connectivity index (χ4v) is 3.14. The molecule has 0 spiro atoms. The number of amides is 1. The summed E-state index contributed by atoms with van der Waals surface area (Å²) in [5, 5.41) is 3.20. The van der Waals surface area contributed by atoms with E-state index in [0.717, 1.165) is 36.1 Å². The van der Waals surface area contributed by atoms with Crippen molar-refractivity contribution in [3.8, 4) is 0 Å². The van der Waals surface area contributed by atoms with Crippen LogP contribution in [-0.4, -0.2) is 33.9 Å². The number of rotatable bonds is 3. The monoisotopic (exact) mass is 388 g/mol. The molecule has 1 saturated heterocycles. The van der Waals surface area contributed by atoms with Gasteiger partial charge in [0.1, 0.15) is 11.5 Å². The molecule has 1 fully saturated rings. The predicted octanol–water partition coefficient (Wildman–Crippen LogP) is 4.31. The first-order valence-electron chi connectivity index (χ1n) is 8.28. The number of nitrogens with one attached hydrogen (secondary N) is 1. The second-order valence-corrected chi connectivity index (χ2v) is 6.94. The molecule has 3 rings (SSSR count). The van der Waals surface area contributed by atoms with Crippen molar-refractivity contribution in [2.45, 2.75) is 32.6 Å². The van der Waals surface area contributed by atoms with Crippen LogP contribution in [0.2, 0.25) is 0 Å². The molecular formula is C18H21BrN4O. The van der Waals surface area contributed by atoms with Crippen molar-refractivity contribution in [3.63, 3.8) is 0 Å². The minimum atomic E-state index is -0.0194. The number of aryl methyl sites for hydroxylation is 1. The lowest BCUT2D eigenvalue weighted by molar-refractivity contribution is 0.0755. The number of nitrogens with zero attached hydrogens (tertiary/aromatic N) is 3. The van der Waals surface area contributed by atoms with E-state index in [2.05, 4.69) is 31.2 Å². The van der Waals surface area contributed by atoms with E-state index in [4.69, 9.17) is 0 Å². The summed E-state index contributed by atoms with van der Waals surface area (Å²) in [6.07, 6.45) is 7.70. The van der Waals surface area contributed by atoms with Crippen LogP contribution in [0.3, 0.4) is 0 Å². The number of hydrogen-bond acceptors (Lipinski definition) is 4. The Bertz CT molecular complexity index is 709. The number of carbonyl (C=O) groups excluding carboxylic acids is 1. The van der Waals surface area contributed by atoms with Gasteiger partial charge >= 0.3 is 0 Å². The van der Waals surface area contributed by atoms with Gasteiger partial charge in [-0.25, -0.2) is 9.97 Å². The Balaban J connectivity index is 1.68.